The van der Waals surface area contributed by atoms with Gasteiger partial charge >= 0.3 is 5.69 Å². The zero-order valence-electron chi connectivity index (χ0n) is 16.4. The molecule has 156 valence electrons. The smallest absolute Gasteiger partial charge is 0.311 e. The summed E-state index contributed by atoms with van der Waals surface area (Å²) in [6.07, 6.45) is 0. The number of ether oxygens (including phenoxy) is 1. The number of methoxy groups -OCH3 is 1. The van der Waals surface area contributed by atoms with Gasteiger partial charge in [0.15, 0.2) is 5.75 Å². The number of nitro groups is 1. The Hall–Kier alpha value is -2.98. The van der Waals surface area contributed by atoms with Crippen LogP contribution < -0.4 is 10.1 Å². The Balaban J connectivity index is 2.10. The fourth-order valence-corrected chi connectivity index (χ4v) is 4.21. The Morgan fingerprint density at radius 2 is 1.76 bits per heavy atom. The van der Waals surface area contributed by atoms with E-state index in [0.29, 0.717) is 18.7 Å². The van der Waals surface area contributed by atoms with Crippen molar-refractivity contribution in [2.75, 3.05) is 20.2 Å². The lowest BCUT2D eigenvalue weighted by molar-refractivity contribution is -0.385. The first kappa shape index (κ1) is 22.3. The second-order valence-corrected chi connectivity index (χ2v) is 8.00. The Bertz CT molecular complexity index is 986. The molecule has 2 aromatic carbocycles. The van der Waals surface area contributed by atoms with Gasteiger partial charge in [-0.3, -0.25) is 14.9 Å². The fraction of sp³-hybridized carbons (Fsp3) is 0.316. The summed E-state index contributed by atoms with van der Waals surface area (Å²) in [5.41, 5.74) is 0.518. The number of nitro benzene ring substituents is 1. The maximum atomic E-state index is 12.5. The van der Waals surface area contributed by atoms with Crippen molar-refractivity contribution in [2.24, 2.45) is 0 Å². The van der Waals surface area contributed by atoms with Crippen LogP contribution in [0, 0.1) is 10.1 Å². The van der Waals surface area contributed by atoms with E-state index in [-0.39, 0.29) is 28.4 Å². The molecule has 1 amide bonds. The number of hydrogen-bond donors (Lipinski definition) is 1. The van der Waals surface area contributed by atoms with Crippen molar-refractivity contribution in [3.8, 4) is 5.75 Å². The molecular weight excluding hydrogens is 398 g/mol. The van der Waals surface area contributed by atoms with Gasteiger partial charge in [-0.2, -0.15) is 4.31 Å². The molecule has 0 radical (unpaired) electrons. The van der Waals surface area contributed by atoms with Crippen LogP contribution in [0.15, 0.2) is 47.4 Å². The summed E-state index contributed by atoms with van der Waals surface area (Å²) in [6, 6.07) is 10.2. The maximum Gasteiger partial charge on any atom is 0.311 e. The molecule has 0 unspecified atom stereocenters. The second kappa shape index (κ2) is 9.48. The lowest BCUT2D eigenvalue weighted by atomic mass is 10.1. The van der Waals surface area contributed by atoms with Crippen LogP contribution in [0.3, 0.4) is 0 Å². The zero-order chi connectivity index (χ0) is 21.6. The van der Waals surface area contributed by atoms with E-state index in [9.17, 15) is 23.3 Å². The molecule has 0 aliphatic rings. The Morgan fingerprint density at radius 1 is 1.14 bits per heavy atom. The average molecular weight is 421 g/mol. The molecule has 2 aromatic rings. The van der Waals surface area contributed by atoms with Crippen LogP contribution in [0.25, 0.3) is 0 Å². The van der Waals surface area contributed by atoms with Crippen LogP contribution in [0.2, 0.25) is 0 Å². The van der Waals surface area contributed by atoms with Crippen molar-refractivity contribution >= 4 is 21.6 Å². The third kappa shape index (κ3) is 5.09. The second-order valence-electron chi connectivity index (χ2n) is 6.06. The van der Waals surface area contributed by atoms with Crippen molar-refractivity contribution in [3.63, 3.8) is 0 Å². The van der Waals surface area contributed by atoms with Gasteiger partial charge in [0.2, 0.25) is 10.0 Å². The largest absolute Gasteiger partial charge is 0.490 e. The molecule has 10 heteroatoms. The summed E-state index contributed by atoms with van der Waals surface area (Å²) in [5.74, 6) is -0.424. The van der Waals surface area contributed by atoms with Gasteiger partial charge in [-0.25, -0.2) is 8.42 Å². The van der Waals surface area contributed by atoms with Gasteiger partial charge in [0.25, 0.3) is 5.91 Å². The highest BCUT2D eigenvalue weighted by Gasteiger charge is 2.21. The maximum absolute atomic E-state index is 12.5. The molecule has 2 rings (SSSR count). The van der Waals surface area contributed by atoms with Gasteiger partial charge in [-0.05, 0) is 29.8 Å². The minimum absolute atomic E-state index is 0.0663. The zero-order valence-corrected chi connectivity index (χ0v) is 17.2. The number of nitrogens with one attached hydrogen (secondary N) is 1. The predicted octanol–water partition coefficient (Wildman–Crippen LogP) is 2.56. The highest BCUT2D eigenvalue weighted by atomic mass is 32.2. The Labute approximate surface area is 169 Å². The van der Waals surface area contributed by atoms with Gasteiger partial charge < -0.3 is 10.1 Å². The van der Waals surface area contributed by atoms with E-state index in [1.54, 1.807) is 26.0 Å². The van der Waals surface area contributed by atoms with Gasteiger partial charge in [-0.1, -0.05) is 26.0 Å². The van der Waals surface area contributed by atoms with Crippen LogP contribution >= 0.6 is 0 Å². The standard InChI is InChI=1S/C19H23N3O6S/c1-4-21(5-2)29(26,27)16-9-6-14(7-10-16)13-20-19(23)15-8-11-18(28-3)17(12-15)22(24)25/h6-12H,4-5,13H2,1-3H3,(H,20,23). The van der Waals surface area contributed by atoms with E-state index >= 15 is 0 Å². The van der Waals surface area contributed by atoms with Crippen molar-refractivity contribution < 1.29 is 22.9 Å². The number of sulfonamides is 1. The molecule has 0 bridgehead atoms. The quantitative estimate of drug-likeness (QED) is 0.491. The number of benzene rings is 2. The normalized spacial score (nSPS) is 11.3. The minimum Gasteiger partial charge on any atom is -0.490 e. The fourth-order valence-electron chi connectivity index (χ4n) is 2.75. The predicted molar refractivity (Wildman–Crippen MR) is 107 cm³/mol. The molecule has 0 saturated heterocycles. The summed E-state index contributed by atoms with van der Waals surface area (Å²) in [6.45, 7) is 4.45. The van der Waals surface area contributed by atoms with Crippen molar-refractivity contribution in [1.82, 2.24) is 9.62 Å². The van der Waals surface area contributed by atoms with E-state index in [2.05, 4.69) is 5.32 Å². The van der Waals surface area contributed by atoms with Crippen molar-refractivity contribution in [2.45, 2.75) is 25.3 Å². The first-order valence-corrected chi connectivity index (χ1v) is 10.4. The van der Waals surface area contributed by atoms with Crippen molar-refractivity contribution in [3.05, 3.63) is 63.7 Å². The Kier molecular flexibility index (Phi) is 7.29. The average Bonchev–Trinajstić information content (AvgIpc) is 2.72. The molecule has 0 heterocycles. The molecule has 0 fully saturated rings. The minimum atomic E-state index is -3.54. The van der Waals surface area contributed by atoms with E-state index < -0.39 is 20.9 Å². The summed E-state index contributed by atoms with van der Waals surface area (Å²) in [7, 11) is -2.23. The first-order chi connectivity index (χ1) is 13.7. The molecule has 0 aromatic heterocycles. The van der Waals surface area contributed by atoms with Crippen LogP contribution in [0.4, 0.5) is 5.69 Å². The molecule has 0 atom stereocenters. The van der Waals surface area contributed by atoms with Crippen molar-refractivity contribution in [1.29, 1.82) is 0 Å². The van der Waals surface area contributed by atoms with Gasteiger partial charge in [-0.15, -0.1) is 0 Å². The van der Waals surface area contributed by atoms with E-state index in [1.165, 1.54) is 35.7 Å². The molecular formula is C19H23N3O6S. The van der Waals surface area contributed by atoms with Crippen LogP contribution in [0.5, 0.6) is 5.75 Å². The molecule has 0 aliphatic heterocycles. The number of amides is 1. The third-order valence-corrected chi connectivity index (χ3v) is 6.42. The summed E-state index contributed by atoms with van der Waals surface area (Å²) in [4.78, 5) is 23.0. The summed E-state index contributed by atoms with van der Waals surface area (Å²) in [5, 5.41) is 13.7. The van der Waals surface area contributed by atoms with E-state index in [0.717, 1.165) is 6.07 Å². The van der Waals surface area contributed by atoms with Gasteiger partial charge in [0.05, 0.1) is 16.9 Å². The number of carbonyl (C=O) groups is 1. The molecule has 0 saturated carbocycles. The monoisotopic (exact) mass is 421 g/mol. The summed E-state index contributed by atoms with van der Waals surface area (Å²) < 4.78 is 31.3. The lowest BCUT2D eigenvalue weighted by Gasteiger charge is -2.18. The molecule has 0 spiro atoms. The molecule has 29 heavy (non-hydrogen) atoms. The highest BCUT2D eigenvalue weighted by Crippen LogP contribution is 2.27. The number of rotatable bonds is 9. The van der Waals surface area contributed by atoms with E-state index in [4.69, 9.17) is 4.74 Å². The highest BCUT2D eigenvalue weighted by molar-refractivity contribution is 7.89. The molecule has 9 nitrogen and oxygen atoms in total. The van der Waals surface area contributed by atoms with Crippen LogP contribution in [-0.2, 0) is 16.6 Å². The SMILES string of the molecule is CCN(CC)S(=O)(=O)c1ccc(CNC(=O)c2ccc(OC)c([N+](=O)[O-])c2)cc1. The first-order valence-electron chi connectivity index (χ1n) is 8.94. The van der Waals surface area contributed by atoms with Crippen LogP contribution in [-0.4, -0.2) is 43.8 Å². The number of carbonyl (C=O) groups excluding carboxylic acids is 1. The van der Waals surface area contributed by atoms with Crippen LogP contribution in [0.1, 0.15) is 29.8 Å². The topological polar surface area (TPSA) is 119 Å². The molecule has 1 N–H and O–H groups in total. The number of nitrogens with zero attached hydrogens (tertiary/aromatic N) is 2. The summed E-state index contributed by atoms with van der Waals surface area (Å²) >= 11 is 0. The third-order valence-electron chi connectivity index (χ3n) is 4.36. The van der Waals surface area contributed by atoms with Gasteiger partial charge in [0, 0.05) is 31.3 Å². The van der Waals surface area contributed by atoms with E-state index in [1.807, 2.05) is 0 Å². The Morgan fingerprint density at radius 3 is 2.28 bits per heavy atom. The molecule has 0 aliphatic carbocycles. The van der Waals surface area contributed by atoms with Gasteiger partial charge in [0.1, 0.15) is 0 Å². The lowest BCUT2D eigenvalue weighted by Crippen LogP contribution is -2.30. The number of hydrogen-bond acceptors (Lipinski definition) is 6.